The van der Waals surface area contributed by atoms with E-state index in [1.165, 1.54) is 10.5 Å². The minimum absolute atomic E-state index is 0.294. The van der Waals surface area contributed by atoms with Gasteiger partial charge in [-0.1, -0.05) is 42.5 Å². The van der Waals surface area contributed by atoms with Gasteiger partial charge in [0.1, 0.15) is 5.75 Å². The second-order valence-corrected chi connectivity index (χ2v) is 10.1. The first kappa shape index (κ1) is 24.7. The Balaban J connectivity index is 1.28. The first-order chi connectivity index (χ1) is 18.9. The molecule has 1 saturated heterocycles. The van der Waals surface area contributed by atoms with Crippen LogP contribution in [0, 0.1) is 0 Å². The third-order valence-corrected chi connectivity index (χ3v) is 7.93. The Morgan fingerprint density at radius 1 is 1.05 bits per heavy atom. The van der Waals surface area contributed by atoms with Crippen LogP contribution in [0.25, 0.3) is 10.9 Å². The number of benzene rings is 3. The number of aromatic nitrogens is 1. The molecule has 3 aromatic carbocycles. The fourth-order valence-electron chi connectivity index (χ4n) is 5.85. The summed E-state index contributed by atoms with van der Waals surface area (Å²) in [5, 5.41) is 3.94. The van der Waals surface area contributed by atoms with Gasteiger partial charge < -0.3 is 19.9 Å². The van der Waals surface area contributed by atoms with E-state index in [1.807, 2.05) is 36.4 Å². The zero-order valence-electron chi connectivity index (χ0n) is 22.0. The number of hydrogen-bond donors (Lipinski definition) is 2. The van der Waals surface area contributed by atoms with Crippen LogP contribution in [0.5, 0.6) is 5.75 Å². The standard InChI is InChI=1S/C31H30N4O4/c1-31-27-22(24-19-21(39-2)14-15-25(24)33-27)16-18-34(31)30(38)35(29(31)37)26-13-7-6-12-23(26)28(36)32-17-8-11-20-9-4-3-5-10-20/h3-7,9-10,12-15,19,33H,8,11,16-18H2,1-2H3,(H,32,36). The third-order valence-electron chi connectivity index (χ3n) is 7.93. The molecule has 1 unspecified atom stereocenters. The van der Waals surface area contributed by atoms with Crippen LogP contribution in [0.2, 0.25) is 0 Å². The number of para-hydroxylation sites is 1. The molecule has 0 saturated carbocycles. The third kappa shape index (κ3) is 3.94. The molecule has 0 bridgehead atoms. The first-order valence-electron chi connectivity index (χ1n) is 13.2. The molecule has 1 aromatic heterocycles. The van der Waals surface area contributed by atoms with Crippen molar-refractivity contribution in [2.24, 2.45) is 0 Å². The van der Waals surface area contributed by atoms with Crippen LogP contribution in [-0.2, 0) is 23.2 Å². The summed E-state index contributed by atoms with van der Waals surface area (Å²) in [6.07, 6.45) is 2.23. The maximum absolute atomic E-state index is 14.1. The topological polar surface area (TPSA) is 94.7 Å². The average Bonchev–Trinajstić information content (AvgIpc) is 3.43. The minimum Gasteiger partial charge on any atom is -0.497 e. The minimum atomic E-state index is -1.21. The molecule has 6 rings (SSSR count). The summed E-state index contributed by atoms with van der Waals surface area (Å²) in [6, 6.07) is 22.2. The van der Waals surface area contributed by atoms with Gasteiger partial charge in [0.25, 0.3) is 11.8 Å². The van der Waals surface area contributed by atoms with Crippen LogP contribution in [0.1, 0.15) is 40.5 Å². The molecule has 0 spiro atoms. The van der Waals surface area contributed by atoms with Gasteiger partial charge in [0.2, 0.25) is 0 Å². The van der Waals surface area contributed by atoms with Crippen molar-refractivity contribution in [3.63, 3.8) is 0 Å². The van der Waals surface area contributed by atoms with Gasteiger partial charge in [-0.15, -0.1) is 0 Å². The van der Waals surface area contributed by atoms with Gasteiger partial charge in [0, 0.05) is 24.0 Å². The number of imide groups is 1. The zero-order valence-corrected chi connectivity index (χ0v) is 22.0. The Labute approximate surface area is 226 Å². The van der Waals surface area contributed by atoms with Gasteiger partial charge in [-0.2, -0.15) is 0 Å². The lowest BCUT2D eigenvalue weighted by Crippen LogP contribution is -2.49. The monoisotopic (exact) mass is 522 g/mol. The molecule has 1 fully saturated rings. The summed E-state index contributed by atoms with van der Waals surface area (Å²) in [6.45, 7) is 2.66. The molecule has 3 heterocycles. The molecule has 0 radical (unpaired) electrons. The fourth-order valence-corrected chi connectivity index (χ4v) is 5.85. The van der Waals surface area contributed by atoms with Crippen LogP contribution < -0.4 is 15.0 Å². The van der Waals surface area contributed by atoms with Gasteiger partial charge in [-0.3, -0.25) is 9.59 Å². The molecule has 2 N–H and O–H groups in total. The van der Waals surface area contributed by atoms with Crippen LogP contribution in [-0.4, -0.2) is 47.9 Å². The van der Waals surface area contributed by atoms with Crippen molar-refractivity contribution in [3.8, 4) is 5.75 Å². The molecule has 198 valence electrons. The number of rotatable bonds is 7. The summed E-state index contributed by atoms with van der Waals surface area (Å²) >= 11 is 0. The number of aromatic amines is 1. The van der Waals surface area contributed by atoms with Crippen molar-refractivity contribution < 1.29 is 19.1 Å². The summed E-state index contributed by atoms with van der Waals surface area (Å²) in [4.78, 5) is 47.3. The Bertz CT molecular complexity index is 1590. The molecule has 8 nitrogen and oxygen atoms in total. The molecule has 1 atom stereocenters. The second-order valence-electron chi connectivity index (χ2n) is 10.1. The van der Waals surface area contributed by atoms with Crippen molar-refractivity contribution in [2.45, 2.75) is 31.7 Å². The van der Waals surface area contributed by atoms with E-state index >= 15 is 0 Å². The highest BCUT2D eigenvalue weighted by molar-refractivity contribution is 6.25. The normalized spacial score (nSPS) is 18.3. The summed E-state index contributed by atoms with van der Waals surface area (Å²) < 4.78 is 5.41. The summed E-state index contributed by atoms with van der Waals surface area (Å²) in [5.41, 5.74) is 3.19. The smallest absolute Gasteiger partial charge is 0.332 e. The molecule has 39 heavy (non-hydrogen) atoms. The fraction of sp³-hybridized carbons (Fsp3) is 0.258. The van der Waals surface area contributed by atoms with Crippen LogP contribution in [0.4, 0.5) is 10.5 Å². The molecular weight excluding hydrogens is 492 g/mol. The highest BCUT2D eigenvalue weighted by Gasteiger charge is 2.59. The molecule has 2 aliphatic heterocycles. The largest absolute Gasteiger partial charge is 0.497 e. The van der Waals surface area contributed by atoms with E-state index in [1.54, 1.807) is 43.2 Å². The number of H-pyrrole nitrogens is 1. The SMILES string of the molecule is COc1ccc2[nH]c3c(c2c1)CCN1C(=O)N(c2ccccc2C(=O)NCCCc2ccccc2)C(=O)C31C. The second kappa shape index (κ2) is 9.62. The lowest BCUT2D eigenvalue weighted by molar-refractivity contribution is -0.125. The summed E-state index contributed by atoms with van der Waals surface area (Å²) in [5.74, 6) is 0.0417. The number of carbonyl (C=O) groups is 3. The number of anilines is 1. The lowest BCUT2D eigenvalue weighted by Gasteiger charge is -2.35. The molecule has 0 aliphatic carbocycles. The van der Waals surface area contributed by atoms with E-state index in [4.69, 9.17) is 4.74 Å². The average molecular weight is 523 g/mol. The van der Waals surface area contributed by atoms with Gasteiger partial charge in [-0.05, 0) is 67.6 Å². The maximum atomic E-state index is 14.1. The van der Waals surface area contributed by atoms with Crippen molar-refractivity contribution in [3.05, 3.63) is 95.2 Å². The number of urea groups is 1. The number of nitrogens with one attached hydrogen (secondary N) is 2. The van der Waals surface area contributed by atoms with Gasteiger partial charge in [-0.25, -0.2) is 9.69 Å². The van der Waals surface area contributed by atoms with Gasteiger partial charge in [0.05, 0.1) is 24.1 Å². The highest BCUT2D eigenvalue weighted by atomic mass is 16.5. The first-order valence-corrected chi connectivity index (χ1v) is 13.2. The molecule has 8 heteroatoms. The lowest BCUT2D eigenvalue weighted by atomic mass is 9.87. The van der Waals surface area contributed by atoms with E-state index in [-0.39, 0.29) is 11.8 Å². The van der Waals surface area contributed by atoms with E-state index in [2.05, 4.69) is 22.4 Å². The molecular formula is C31H30N4O4. The summed E-state index contributed by atoms with van der Waals surface area (Å²) in [7, 11) is 1.62. The molecule has 4 amide bonds. The molecule has 2 aliphatic rings. The van der Waals surface area contributed by atoms with Crippen molar-refractivity contribution >= 4 is 34.4 Å². The Kier molecular flexibility index (Phi) is 6.10. The maximum Gasteiger partial charge on any atom is 0.332 e. The number of amides is 4. The number of methoxy groups -OCH3 is 1. The van der Waals surface area contributed by atoms with E-state index in [0.29, 0.717) is 36.5 Å². The van der Waals surface area contributed by atoms with E-state index in [9.17, 15) is 14.4 Å². The van der Waals surface area contributed by atoms with Crippen LogP contribution in [0.3, 0.4) is 0 Å². The number of nitrogens with zero attached hydrogens (tertiary/aromatic N) is 2. The van der Waals surface area contributed by atoms with Gasteiger partial charge in [0.15, 0.2) is 5.54 Å². The quantitative estimate of drug-likeness (QED) is 0.270. The van der Waals surface area contributed by atoms with Gasteiger partial charge >= 0.3 is 6.03 Å². The van der Waals surface area contributed by atoms with Crippen molar-refractivity contribution in [2.75, 3.05) is 25.1 Å². The van der Waals surface area contributed by atoms with Crippen molar-refractivity contribution in [1.82, 2.24) is 15.2 Å². The number of hydrogen-bond acceptors (Lipinski definition) is 4. The van der Waals surface area contributed by atoms with E-state index in [0.717, 1.165) is 35.1 Å². The number of carbonyl (C=O) groups excluding carboxylic acids is 3. The van der Waals surface area contributed by atoms with E-state index < -0.39 is 11.6 Å². The predicted molar refractivity (Wildman–Crippen MR) is 149 cm³/mol. The number of ether oxygens (including phenoxy) is 1. The van der Waals surface area contributed by atoms with Crippen molar-refractivity contribution in [1.29, 1.82) is 0 Å². The van der Waals surface area contributed by atoms with Crippen LogP contribution >= 0.6 is 0 Å². The van der Waals surface area contributed by atoms with Crippen LogP contribution in [0.15, 0.2) is 72.8 Å². The Hall–Kier alpha value is -4.59. The Morgan fingerprint density at radius 3 is 2.62 bits per heavy atom. The highest BCUT2D eigenvalue weighted by Crippen LogP contribution is 2.46. The molecule has 4 aromatic rings. The Morgan fingerprint density at radius 2 is 1.82 bits per heavy atom. The predicted octanol–water partition coefficient (Wildman–Crippen LogP) is 4.78. The number of aryl methyl sites for hydroxylation is 1. The number of fused-ring (bicyclic) bond motifs is 5. The zero-order chi connectivity index (χ0) is 27.1.